The Hall–Kier alpha value is -1.84. The Labute approximate surface area is 88.5 Å². The molecule has 0 aliphatic carbocycles. The minimum absolute atomic E-state index is 0.344. The lowest BCUT2D eigenvalue weighted by molar-refractivity contribution is 0.0601. The van der Waals surface area contributed by atoms with Crippen molar-refractivity contribution in [3.8, 4) is 0 Å². The number of carbonyl (C=O) groups is 1. The minimum atomic E-state index is -0.344. The highest BCUT2D eigenvalue weighted by molar-refractivity contribution is 5.90. The Morgan fingerprint density at radius 1 is 1.40 bits per heavy atom. The van der Waals surface area contributed by atoms with Gasteiger partial charge in [-0.1, -0.05) is 17.3 Å². The van der Waals surface area contributed by atoms with Gasteiger partial charge in [-0.3, -0.25) is 0 Å². The van der Waals surface area contributed by atoms with Gasteiger partial charge >= 0.3 is 5.97 Å². The maximum absolute atomic E-state index is 11.1. The van der Waals surface area contributed by atoms with Crippen LogP contribution in [0, 0.1) is 0 Å². The number of hydrogen-bond donors (Lipinski definition) is 0. The summed E-state index contributed by atoms with van der Waals surface area (Å²) in [7, 11) is 1.35. The normalized spacial score (nSPS) is 10.3. The van der Waals surface area contributed by atoms with Crippen LogP contribution < -0.4 is 0 Å². The molecule has 0 aromatic heterocycles. The van der Waals surface area contributed by atoms with Crippen molar-refractivity contribution in [2.75, 3.05) is 13.7 Å². The summed E-state index contributed by atoms with van der Waals surface area (Å²) in [4.78, 5) is 15.9. The predicted octanol–water partition coefficient (Wildman–Crippen LogP) is 1.84. The van der Waals surface area contributed by atoms with E-state index in [-0.39, 0.29) is 5.97 Å². The molecule has 0 radical (unpaired) electrons. The number of esters is 1. The first kappa shape index (κ1) is 11.2. The Kier molecular flexibility index (Phi) is 4.34. The maximum Gasteiger partial charge on any atom is 0.337 e. The van der Waals surface area contributed by atoms with Crippen LogP contribution in [-0.4, -0.2) is 25.9 Å². The molecule has 0 saturated heterocycles. The highest BCUT2D eigenvalue weighted by Crippen LogP contribution is 2.03. The van der Waals surface area contributed by atoms with Crippen LogP contribution in [-0.2, 0) is 9.57 Å². The van der Waals surface area contributed by atoms with Gasteiger partial charge in [0, 0.05) is 0 Å². The van der Waals surface area contributed by atoms with Gasteiger partial charge in [0.1, 0.15) is 6.61 Å². The summed E-state index contributed by atoms with van der Waals surface area (Å²) in [6, 6.07) is 6.90. The molecule has 1 rings (SSSR count). The van der Waals surface area contributed by atoms with Crippen LogP contribution in [0.3, 0.4) is 0 Å². The molecule has 80 valence electrons. The maximum atomic E-state index is 11.1. The van der Waals surface area contributed by atoms with Crippen LogP contribution in [0.15, 0.2) is 29.4 Å². The third-order valence-corrected chi connectivity index (χ3v) is 1.74. The summed E-state index contributed by atoms with van der Waals surface area (Å²) in [5, 5.41) is 3.71. The van der Waals surface area contributed by atoms with Crippen LogP contribution >= 0.6 is 0 Å². The summed E-state index contributed by atoms with van der Waals surface area (Å²) < 4.78 is 4.58. The van der Waals surface area contributed by atoms with Gasteiger partial charge in [0.15, 0.2) is 0 Å². The average molecular weight is 207 g/mol. The van der Waals surface area contributed by atoms with Crippen LogP contribution in [0.2, 0.25) is 0 Å². The van der Waals surface area contributed by atoms with Crippen molar-refractivity contribution >= 4 is 12.2 Å². The van der Waals surface area contributed by atoms with Crippen molar-refractivity contribution in [2.24, 2.45) is 5.16 Å². The molecular weight excluding hydrogens is 194 g/mol. The summed E-state index contributed by atoms with van der Waals surface area (Å²) in [6.07, 6.45) is 1.59. The van der Waals surface area contributed by atoms with Crippen molar-refractivity contribution in [1.82, 2.24) is 0 Å². The van der Waals surface area contributed by atoms with E-state index in [2.05, 4.69) is 9.89 Å². The summed E-state index contributed by atoms with van der Waals surface area (Å²) in [5.74, 6) is -0.344. The average Bonchev–Trinajstić information content (AvgIpc) is 2.29. The molecule has 15 heavy (non-hydrogen) atoms. The third-order valence-electron chi connectivity index (χ3n) is 1.74. The largest absolute Gasteiger partial charge is 0.465 e. The third kappa shape index (κ3) is 3.42. The monoisotopic (exact) mass is 207 g/mol. The number of rotatable bonds is 4. The van der Waals surface area contributed by atoms with Gasteiger partial charge in [-0.25, -0.2) is 4.79 Å². The topological polar surface area (TPSA) is 47.9 Å². The SMILES string of the molecule is CCO/N=C\c1ccc(C(=O)OC)cc1. The van der Waals surface area contributed by atoms with Crippen molar-refractivity contribution in [1.29, 1.82) is 0 Å². The number of benzene rings is 1. The fourth-order valence-electron chi connectivity index (χ4n) is 0.996. The van der Waals surface area contributed by atoms with Gasteiger partial charge in [0.05, 0.1) is 18.9 Å². The van der Waals surface area contributed by atoms with E-state index in [0.29, 0.717) is 12.2 Å². The number of methoxy groups -OCH3 is 1. The molecule has 0 atom stereocenters. The van der Waals surface area contributed by atoms with E-state index in [1.807, 2.05) is 6.92 Å². The molecule has 4 nitrogen and oxygen atoms in total. The van der Waals surface area contributed by atoms with E-state index >= 15 is 0 Å². The van der Waals surface area contributed by atoms with E-state index in [1.165, 1.54) is 7.11 Å². The molecule has 4 heteroatoms. The zero-order chi connectivity index (χ0) is 11.1. The van der Waals surface area contributed by atoms with Crippen LogP contribution in [0.25, 0.3) is 0 Å². The molecule has 0 unspecified atom stereocenters. The number of carbonyl (C=O) groups excluding carboxylic acids is 1. The molecule has 1 aromatic carbocycles. The molecule has 0 saturated carbocycles. The number of ether oxygens (including phenoxy) is 1. The molecule has 0 heterocycles. The zero-order valence-corrected chi connectivity index (χ0v) is 8.77. The van der Waals surface area contributed by atoms with Gasteiger partial charge in [0.25, 0.3) is 0 Å². The molecule has 0 amide bonds. The first-order valence-electron chi connectivity index (χ1n) is 4.61. The Morgan fingerprint density at radius 2 is 2.07 bits per heavy atom. The molecular formula is C11H13NO3. The van der Waals surface area contributed by atoms with E-state index in [9.17, 15) is 4.79 Å². The second kappa shape index (κ2) is 5.80. The molecule has 1 aromatic rings. The zero-order valence-electron chi connectivity index (χ0n) is 8.77. The predicted molar refractivity (Wildman–Crippen MR) is 57.0 cm³/mol. The second-order valence-corrected chi connectivity index (χ2v) is 2.77. The van der Waals surface area contributed by atoms with E-state index in [1.54, 1.807) is 30.5 Å². The number of oxime groups is 1. The lowest BCUT2D eigenvalue weighted by Crippen LogP contribution is -2.00. The smallest absolute Gasteiger partial charge is 0.337 e. The van der Waals surface area contributed by atoms with Crippen LogP contribution in [0.5, 0.6) is 0 Å². The number of nitrogens with zero attached hydrogens (tertiary/aromatic N) is 1. The lowest BCUT2D eigenvalue weighted by atomic mass is 10.1. The van der Waals surface area contributed by atoms with Gasteiger partial charge in [-0.2, -0.15) is 0 Å². The second-order valence-electron chi connectivity index (χ2n) is 2.77. The number of hydrogen-bond acceptors (Lipinski definition) is 4. The van der Waals surface area contributed by atoms with Gasteiger partial charge in [-0.15, -0.1) is 0 Å². The molecule has 0 aliphatic rings. The first-order valence-corrected chi connectivity index (χ1v) is 4.61. The van der Waals surface area contributed by atoms with Gasteiger partial charge in [0.2, 0.25) is 0 Å². The Morgan fingerprint density at radius 3 is 2.60 bits per heavy atom. The molecule has 0 N–H and O–H groups in total. The van der Waals surface area contributed by atoms with E-state index < -0.39 is 0 Å². The standard InChI is InChI=1S/C11H13NO3/c1-3-15-12-8-9-4-6-10(7-5-9)11(13)14-2/h4-8H,3H2,1-2H3/b12-8-. The Balaban J connectivity index is 2.68. The van der Waals surface area contributed by atoms with Crippen molar-refractivity contribution in [3.63, 3.8) is 0 Å². The first-order chi connectivity index (χ1) is 7.27. The lowest BCUT2D eigenvalue weighted by Gasteiger charge is -1.98. The highest BCUT2D eigenvalue weighted by atomic mass is 16.6. The fraction of sp³-hybridized carbons (Fsp3) is 0.273. The highest BCUT2D eigenvalue weighted by Gasteiger charge is 2.02. The van der Waals surface area contributed by atoms with Crippen molar-refractivity contribution in [2.45, 2.75) is 6.92 Å². The molecule has 0 bridgehead atoms. The van der Waals surface area contributed by atoms with Crippen molar-refractivity contribution < 1.29 is 14.4 Å². The minimum Gasteiger partial charge on any atom is -0.465 e. The molecule has 0 aliphatic heterocycles. The quantitative estimate of drug-likeness (QED) is 0.430. The summed E-state index contributed by atoms with van der Waals surface area (Å²) in [5.41, 5.74) is 1.39. The van der Waals surface area contributed by atoms with Crippen LogP contribution in [0.4, 0.5) is 0 Å². The molecule has 0 fully saturated rings. The summed E-state index contributed by atoms with van der Waals surface area (Å²) >= 11 is 0. The van der Waals surface area contributed by atoms with E-state index in [0.717, 1.165) is 5.56 Å². The van der Waals surface area contributed by atoms with Gasteiger partial charge in [-0.05, 0) is 24.6 Å². The Bertz CT molecular complexity index is 343. The van der Waals surface area contributed by atoms with Gasteiger partial charge < -0.3 is 9.57 Å². The van der Waals surface area contributed by atoms with Crippen LogP contribution in [0.1, 0.15) is 22.8 Å². The van der Waals surface area contributed by atoms with Crippen molar-refractivity contribution in [3.05, 3.63) is 35.4 Å². The fourth-order valence-corrected chi connectivity index (χ4v) is 0.996. The summed E-state index contributed by atoms with van der Waals surface area (Å²) in [6.45, 7) is 2.40. The molecule has 0 spiro atoms. The van der Waals surface area contributed by atoms with E-state index in [4.69, 9.17) is 4.84 Å².